The van der Waals surface area contributed by atoms with Crippen LogP contribution in [0.2, 0.25) is 0 Å². The van der Waals surface area contributed by atoms with Gasteiger partial charge in [-0.1, -0.05) is 13.8 Å². The Hall–Kier alpha value is -1.06. The van der Waals surface area contributed by atoms with Crippen LogP contribution in [-0.4, -0.2) is 25.0 Å². The van der Waals surface area contributed by atoms with Crippen LogP contribution in [0.4, 0.5) is 0 Å². The first-order valence-corrected chi connectivity index (χ1v) is 6.42. The van der Waals surface area contributed by atoms with Crippen LogP contribution in [0, 0.1) is 11.3 Å². The molecule has 0 unspecified atom stereocenters. The molecule has 4 heteroatoms. The number of hydrogen-bond acceptors (Lipinski definition) is 3. The molecule has 0 aromatic heterocycles. The van der Waals surface area contributed by atoms with Gasteiger partial charge in [0.25, 0.3) is 0 Å². The first kappa shape index (κ1) is 14.0. The quantitative estimate of drug-likeness (QED) is 0.692. The maximum atomic E-state index is 11.5. The lowest BCUT2D eigenvalue weighted by Crippen LogP contribution is -2.32. The predicted octanol–water partition coefficient (Wildman–Crippen LogP) is 1.88. The summed E-state index contributed by atoms with van der Waals surface area (Å²) in [6.07, 6.45) is 2.80. The van der Waals surface area contributed by atoms with Gasteiger partial charge in [-0.2, -0.15) is 0 Å². The van der Waals surface area contributed by atoms with Crippen LogP contribution in [0.25, 0.3) is 0 Å². The van der Waals surface area contributed by atoms with E-state index in [2.05, 4.69) is 19.2 Å². The highest BCUT2D eigenvalue weighted by Gasteiger charge is 2.45. The van der Waals surface area contributed by atoms with Crippen molar-refractivity contribution in [2.75, 3.05) is 13.2 Å². The first-order chi connectivity index (χ1) is 8.00. The molecule has 1 saturated carbocycles. The van der Waals surface area contributed by atoms with Crippen molar-refractivity contribution in [3.63, 3.8) is 0 Å². The maximum absolute atomic E-state index is 11.5. The highest BCUT2D eigenvalue weighted by atomic mass is 16.5. The second-order valence-corrected chi connectivity index (χ2v) is 5.10. The van der Waals surface area contributed by atoms with Gasteiger partial charge in [0.2, 0.25) is 5.91 Å². The van der Waals surface area contributed by atoms with Gasteiger partial charge in [0, 0.05) is 13.0 Å². The van der Waals surface area contributed by atoms with Crippen LogP contribution in [0.1, 0.15) is 46.5 Å². The average Bonchev–Trinajstić information content (AvgIpc) is 3.05. The van der Waals surface area contributed by atoms with Gasteiger partial charge in [-0.15, -0.1) is 0 Å². The van der Waals surface area contributed by atoms with Gasteiger partial charge in [-0.25, -0.2) is 0 Å². The van der Waals surface area contributed by atoms with Crippen molar-refractivity contribution in [2.24, 2.45) is 11.3 Å². The number of amides is 1. The van der Waals surface area contributed by atoms with Gasteiger partial charge >= 0.3 is 5.97 Å². The zero-order valence-electron chi connectivity index (χ0n) is 11.0. The minimum absolute atomic E-state index is 0.0509. The Balaban J connectivity index is 2.16. The van der Waals surface area contributed by atoms with E-state index in [1.165, 1.54) is 12.8 Å². The Kier molecular flexibility index (Phi) is 4.97. The smallest absolute Gasteiger partial charge is 0.306 e. The van der Waals surface area contributed by atoms with E-state index in [4.69, 9.17) is 4.74 Å². The molecular formula is C13H23NO3. The number of rotatable bonds is 7. The molecule has 0 aliphatic heterocycles. The zero-order valence-corrected chi connectivity index (χ0v) is 11.0. The number of hydrogen-bond donors (Lipinski definition) is 1. The van der Waals surface area contributed by atoms with Crippen LogP contribution >= 0.6 is 0 Å². The lowest BCUT2D eigenvalue weighted by molar-refractivity contribution is -0.144. The van der Waals surface area contributed by atoms with Crippen molar-refractivity contribution < 1.29 is 14.3 Å². The Morgan fingerprint density at radius 2 is 1.94 bits per heavy atom. The fourth-order valence-electron chi connectivity index (χ4n) is 1.93. The molecule has 0 saturated heterocycles. The SMILES string of the molecule is CCOC(=O)CCC(=O)NCC1(C(C)C)CC1. The largest absolute Gasteiger partial charge is 0.466 e. The zero-order chi connectivity index (χ0) is 12.9. The van der Waals surface area contributed by atoms with Crippen LogP contribution in [0.5, 0.6) is 0 Å². The summed E-state index contributed by atoms with van der Waals surface area (Å²) in [5.41, 5.74) is 0.319. The summed E-state index contributed by atoms with van der Waals surface area (Å²) in [5, 5.41) is 2.92. The second kappa shape index (κ2) is 6.03. The highest BCUT2D eigenvalue weighted by Crippen LogP contribution is 2.51. The molecule has 0 spiro atoms. The molecule has 1 N–H and O–H groups in total. The highest BCUT2D eigenvalue weighted by molar-refractivity contribution is 5.81. The fourth-order valence-corrected chi connectivity index (χ4v) is 1.93. The normalized spacial score (nSPS) is 16.7. The summed E-state index contributed by atoms with van der Waals surface area (Å²) in [7, 11) is 0. The van der Waals surface area contributed by atoms with E-state index in [1.807, 2.05) is 0 Å². The molecule has 0 atom stereocenters. The van der Waals surface area contributed by atoms with E-state index >= 15 is 0 Å². The molecule has 0 bridgehead atoms. The van der Waals surface area contributed by atoms with Gasteiger partial charge in [-0.3, -0.25) is 9.59 Å². The van der Waals surface area contributed by atoms with Crippen molar-refractivity contribution in [1.82, 2.24) is 5.32 Å². The van der Waals surface area contributed by atoms with Crippen LogP contribution < -0.4 is 5.32 Å². The van der Waals surface area contributed by atoms with E-state index in [1.54, 1.807) is 6.92 Å². The van der Waals surface area contributed by atoms with Crippen LogP contribution in [0.15, 0.2) is 0 Å². The summed E-state index contributed by atoms with van der Waals surface area (Å²) in [6.45, 7) is 7.26. The number of carbonyl (C=O) groups excluding carboxylic acids is 2. The number of ether oxygens (including phenoxy) is 1. The molecule has 1 aliphatic carbocycles. The van der Waals surface area contributed by atoms with Crippen molar-refractivity contribution >= 4 is 11.9 Å². The lowest BCUT2D eigenvalue weighted by Gasteiger charge is -2.19. The van der Waals surface area contributed by atoms with Crippen molar-refractivity contribution in [3.8, 4) is 0 Å². The van der Waals surface area contributed by atoms with Crippen molar-refractivity contribution in [3.05, 3.63) is 0 Å². The number of carbonyl (C=O) groups is 2. The van der Waals surface area contributed by atoms with E-state index in [0.717, 1.165) is 6.54 Å². The molecule has 1 rings (SSSR count). The molecule has 1 fully saturated rings. The van der Waals surface area contributed by atoms with Crippen LogP contribution in [-0.2, 0) is 14.3 Å². The predicted molar refractivity (Wildman–Crippen MR) is 65.4 cm³/mol. The molecule has 17 heavy (non-hydrogen) atoms. The molecule has 98 valence electrons. The van der Waals surface area contributed by atoms with Gasteiger partial charge in [0.15, 0.2) is 0 Å². The van der Waals surface area contributed by atoms with E-state index in [-0.39, 0.29) is 24.7 Å². The average molecular weight is 241 g/mol. The van der Waals surface area contributed by atoms with Gasteiger partial charge < -0.3 is 10.1 Å². The summed E-state index contributed by atoms with van der Waals surface area (Å²) in [6, 6.07) is 0. The van der Waals surface area contributed by atoms with Gasteiger partial charge in [0.1, 0.15) is 0 Å². The van der Waals surface area contributed by atoms with Crippen molar-refractivity contribution in [1.29, 1.82) is 0 Å². The Bertz CT molecular complexity index is 282. The van der Waals surface area contributed by atoms with E-state index < -0.39 is 0 Å². The van der Waals surface area contributed by atoms with Gasteiger partial charge in [-0.05, 0) is 31.1 Å². The van der Waals surface area contributed by atoms with E-state index in [9.17, 15) is 9.59 Å². The molecule has 0 aromatic carbocycles. The standard InChI is InChI=1S/C13H23NO3/c1-4-17-12(16)6-5-11(15)14-9-13(7-8-13)10(2)3/h10H,4-9H2,1-3H3,(H,14,15). The maximum Gasteiger partial charge on any atom is 0.306 e. The third kappa shape index (κ3) is 4.36. The summed E-state index contributed by atoms with van der Waals surface area (Å²) >= 11 is 0. The molecule has 0 aromatic rings. The molecule has 4 nitrogen and oxygen atoms in total. The van der Waals surface area contributed by atoms with Crippen LogP contribution in [0.3, 0.4) is 0 Å². The molecule has 1 amide bonds. The Morgan fingerprint density at radius 1 is 1.29 bits per heavy atom. The van der Waals surface area contributed by atoms with E-state index in [0.29, 0.717) is 17.9 Å². The second-order valence-electron chi connectivity index (χ2n) is 5.10. The molecular weight excluding hydrogens is 218 g/mol. The Morgan fingerprint density at radius 3 is 2.41 bits per heavy atom. The number of esters is 1. The third-order valence-corrected chi connectivity index (χ3v) is 3.62. The van der Waals surface area contributed by atoms with Gasteiger partial charge in [0.05, 0.1) is 13.0 Å². The minimum Gasteiger partial charge on any atom is -0.466 e. The fraction of sp³-hybridized carbons (Fsp3) is 0.846. The molecule has 0 radical (unpaired) electrons. The lowest BCUT2D eigenvalue weighted by atomic mass is 9.92. The monoisotopic (exact) mass is 241 g/mol. The summed E-state index contributed by atoms with van der Waals surface area (Å²) < 4.78 is 4.77. The number of nitrogens with one attached hydrogen (secondary N) is 1. The molecule has 1 aliphatic rings. The molecule has 0 heterocycles. The summed E-state index contributed by atoms with van der Waals surface area (Å²) in [4.78, 5) is 22.6. The Labute approximate surface area is 103 Å². The topological polar surface area (TPSA) is 55.4 Å². The summed E-state index contributed by atoms with van der Waals surface area (Å²) in [5.74, 6) is 0.255. The third-order valence-electron chi connectivity index (χ3n) is 3.62. The minimum atomic E-state index is -0.298. The first-order valence-electron chi connectivity index (χ1n) is 6.42. The van der Waals surface area contributed by atoms with Crippen molar-refractivity contribution in [2.45, 2.75) is 46.5 Å².